The van der Waals surface area contributed by atoms with Crippen molar-refractivity contribution >= 4 is 5.82 Å². The van der Waals surface area contributed by atoms with Crippen molar-refractivity contribution in [1.29, 1.82) is 0 Å². The van der Waals surface area contributed by atoms with E-state index in [0.29, 0.717) is 6.54 Å². The predicted octanol–water partition coefficient (Wildman–Crippen LogP) is 3.71. The summed E-state index contributed by atoms with van der Waals surface area (Å²) in [5.74, 6) is 0.213. The van der Waals surface area contributed by atoms with Gasteiger partial charge in [-0.2, -0.15) is 13.2 Å². The van der Waals surface area contributed by atoms with Crippen LogP contribution in [0.5, 0.6) is 0 Å². The monoisotopic (exact) mass is 339 g/mol. The summed E-state index contributed by atoms with van der Waals surface area (Å²) in [7, 11) is 0. The fraction of sp³-hybridized carbons (Fsp3) is 0.412. The Bertz CT molecular complexity index is 642. The molecule has 0 radical (unpaired) electrons. The van der Waals surface area contributed by atoms with Gasteiger partial charge in [-0.05, 0) is 23.1 Å². The molecule has 1 heterocycles. The maximum atomic E-state index is 12.5. The molecule has 0 saturated carbocycles. The molecular weight excluding hydrogens is 319 g/mol. The summed E-state index contributed by atoms with van der Waals surface area (Å²) >= 11 is 0. The van der Waals surface area contributed by atoms with Crippen molar-refractivity contribution in [2.24, 2.45) is 5.41 Å². The SMILES string of the molecule is CC(C)(CO)C(CNc1ccc(C(F)(F)F)nn1)c1ccccc1. The smallest absolute Gasteiger partial charge is 0.396 e. The van der Waals surface area contributed by atoms with Crippen LogP contribution in [0.4, 0.5) is 19.0 Å². The molecule has 0 aliphatic heterocycles. The highest BCUT2D eigenvalue weighted by molar-refractivity contribution is 5.35. The maximum Gasteiger partial charge on any atom is 0.435 e. The Morgan fingerprint density at radius 2 is 1.71 bits per heavy atom. The van der Waals surface area contributed by atoms with Gasteiger partial charge in [0, 0.05) is 19.1 Å². The Morgan fingerprint density at radius 3 is 2.21 bits per heavy atom. The lowest BCUT2D eigenvalue weighted by Crippen LogP contribution is -2.31. The van der Waals surface area contributed by atoms with E-state index in [1.165, 1.54) is 6.07 Å². The van der Waals surface area contributed by atoms with Crippen molar-refractivity contribution in [2.75, 3.05) is 18.5 Å². The van der Waals surface area contributed by atoms with Gasteiger partial charge in [-0.3, -0.25) is 0 Å². The van der Waals surface area contributed by atoms with Gasteiger partial charge >= 0.3 is 6.18 Å². The van der Waals surface area contributed by atoms with E-state index in [2.05, 4.69) is 15.5 Å². The largest absolute Gasteiger partial charge is 0.435 e. The number of nitrogens with one attached hydrogen (secondary N) is 1. The van der Waals surface area contributed by atoms with E-state index in [1.54, 1.807) is 0 Å². The molecule has 1 atom stereocenters. The van der Waals surface area contributed by atoms with Crippen LogP contribution >= 0.6 is 0 Å². The standard InChI is InChI=1S/C17H20F3N3O/c1-16(2,11-24)13(12-6-4-3-5-7-12)10-21-15-9-8-14(22-23-15)17(18,19)20/h3-9,13,24H,10-11H2,1-2H3,(H,21,23). The summed E-state index contributed by atoms with van der Waals surface area (Å²) in [5.41, 5.74) is -0.402. The van der Waals surface area contributed by atoms with Crippen LogP contribution in [0.15, 0.2) is 42.5 Å². The second kappa shape index (κ2) is 7.17. The summed E-state index contributed by atoms with van der Waals surface area (Å²) in [6, 6.07) is 11.8. The van der Waals surface area contributed by atoms with E-state index in [0.717, 1.165) is 11.6 Å². The molecule has 1 aromatic heterocycles. The van der Waals surface area contributed by atoms with Crippen LogP contribution in [-0.4, -0.2) is 28.5 Å². The van der Waals surface area contributed by atoms with E-state index in [4.69, 9.17) is 0 Å². The first kappa shape index (κ1) is 18.2. The molecule has 2 rings (SSSR count). The summed E-state index contributed by atoms with van der Waals surface area (Å²) in [5, 5.41) is 19.4. The van der Waals surface area contributed by atoms with Crippen molar-refractivity contribution < 1.29 is 18.3 Å². The zero-order chi connectivity index (χ0) is 17.8. The lowest BCUT2D eigenvalue weighted by Gasteiger charge is -2.33. The molecule has 7 heteroatoms. The third kappa shape index (κ3) is 4.44. The molecule has 24 heavy (non-hydrogen) atoms. The molecule has 0 spiro atoms. The number of anilines is 1. The molecule has 4 nitrogen and oxygen atoms in total. The Balaban J connectivity index is 2.14. The number of aromatic nitrogens is 2. The summed E-state index contributed by atoms with van der Waals surface area (Å²) in [6.07, 6.45) is -4.50. The summed E-state index contributed by atoms with van der Waals surface area (Å²) in [4.78, 5) is 0. The second-order valence-electron chi connectivity index (χ2n) is 6.29. The highest BCUT2D eigenvalue weighted by atomic mass is 19.4. The number of rotatable bonds is 6. The van der Waals surface area contributed by atoms with Crippen molar-refractivity contribution in [3.05, 3.63) is 53.7 Å². The lowest BCUT2D eigenvalue weighted by molar-refractivity contribution is -0.141. The van der Waals surface area contributed by atoms with Crippen LogP contribution in [0.1, 0.15) is 31.0 Å². The number of hydrogen-bond donors (Lipinski definition) is 2. The van der Waals surface area contributed by atoms with Crippen molar-refractivity contribution in [2.45, 2.75) is 25.9 Å². The average molecular weight is 339 g/mol. The zero-order valence-electron chi connectivity index (χ0n) is 13.5. The topological polar surface area (TPSA) is 58.0 Å². The maximum absolute atomic E-state index is 12.5. The van der Waals surface area contributed by atoms with Gasteiger partial charge in [-0.15, -0.1) is 10.2 Å². The molecular formula is C17H20F3N3O. The van der Waals surface area contributed by atoms with Gasteiger partial charge in [0.15, 0.2) is 5.69 Å². The highest BCUT2D eigenvalue weighted by Crippen LogP contribution is 2.35. The molecule has 1 unspecified atom stereocenters. The third-order valence-corrected chi connectivity index (χ3v) is 4.00. The number of benzene rings is 1. The molecule has 1 aromatic carbocycles. The molecule has 0 aliphatic carbocycles. The van der Waals surface area contributed by atoms with Crippen LogP contribution < -0.4 is 5.32 Å². The number of aliphatic hydroxyl groups excluding tert-OH is 1. The molecule has 0 saturated heterocycles. The minimum absolute atomic E-state index is 0.0209. The van der Waals surface area contributed by atoms with Crippen LogP contribution in [0, 0.1) is 5.41 Å². The van der Waals surface area contributed by atoms with Crippen LogP contribution in [0.25, 0.3) is 0 Å². The van der Waals surface area contributed by atoms with Crippen molar-refractivity contribution in [3.8, 4) is 0 Å². The van der Waals surface area contributed by atoms with Gasteiger partial charge in [-0.25, -0.2) is 0 Å². The van der Waals surface area contributed by atoms with Gasteiger partial charge in [0.25, 0.3) is 0 Å². The van der Waals surface area contributed by atoms with Gasteiger partial charge < -0.3 is 10.4 Å². The number of nitrogens with zero attached hydrogens (tertiary/aromatic N) is 2. The first-order valence-electron chi connectivity index (χ1n) is 7.54. The number of hydrogen-bond acceptors (Lipinski definition) is 4. The Hall–Kier alpha value is -2.15. The van der Waals surface area contributed by atoms with Gasteiger partial charge in [0.2, 0.25) is 0 Å². The molecule has 2 aromatic rings. The fourth-order valence-electron chi connectivity index (χ4n) is 2.43. The van der Waals surface area contributed by atoms with E-state index in [-0.39, 0.29) is 18.3 Å². The molecule has 0 aliphatic rings. The normalized spacial score (nSPS) is 13.6. The predicted molar refractivity (Wildman–Crippen MR) is 85.6 cm³/mol. The van der Waals surface area contributed by atoms with Crippen LogP contribution in [-0.2, 0) is 6.18 Å². The lowest BCUT2D eigenvalue weighted by atomic mass is 9.75. The van der Waals surface area contributed by atoms with Gasteiger partial charge in [-0.1, -0.05) is 44.2 Å². The van der Waals surface area contributed by atoms with Gasteiger partial charge in [0.05, 0.1) is 0 Å². The van der Waals surface area contributed by atoms with Crippen LogP contribution in [0.2, 0.25) is 0 Å². The highest BCUT2D eigenvalue weighted by Gasteiger charge is 2.33. The molecule has 0 amide bonds. The Labute approximate surface area is 138 Å². The second-order valence-corrected chi connectivity index (χ2v) is 6.29. The Kier molecular flexibility index (Phi) is 5.43. The molecule has 0 bridgehead atoms. The minimum Gasteiger partial charge on any atom is -0.396 e. The van der Waals surface area contributed by atoms with Crippen molar-refractivity contribution in [3.63, 3.8) is 0 Å². The molecule has 0 fully saturated rings. The van der Waals surface area contributed by atoms with E-state index >= 15 is 0 Å². The molecule has 130 valence electrons. The summed E-state index contributed by atoms with van der Waals surface area (Å²) in [6.45, 7) is 4.26. The average Bonchev–Trinajstić information content (AvgIpc) is 2.55. The van der Waals surface area contributed by atoms with E-state index < -0.39 is 17.3 Å². The first-order valence-corrected chi connectivity index (χ1v) is 7.54. The fourth-order valence-corrected chi connectivity index (χ4v) is 2.43. The Morgan fingerprint density at radius 1 is 1.04 bits per heavy atom. The summed E-state index contributed by atoms with van der Waals surface area (Å²) < 4.78 is 37.5. The van der Waals surface area contributed by atoms with Crippen molar-refractivity contribution in [1.82, 2.24) is 10.2 Å². The zero-order valence-corrected chi connectivity index (χ0v) is 13.5. The van der Waals surface area contributed by atoms with Crippen LogP contribution in [0.3, 0.4) is 0 Å². The number of alkyl halides is 3. The number of aliphatic hydroxyl groups is 1. The molecule has 2 N–H and O–H groups in total. The van der Waals surface area contributed by atoms with E-state index in [1.807, 2.05) is 44.2 Å². The minimum atomic E-state index is -4.50. The third-order valence-electron chi connectivity index (χ3n) is 4.00. The number of halogens is 3. The van der Waals surface area contributed by atoms with Gasteiger partial charge in [0.1, 0.15) is 5.82 Å². The van der Waals surface area contributed by atoms with E-state index in [9.17, 15) is 18.3 Å². The first-order chi connectivity index (χ1) is 11.2. The quantitative estimate of drug-likeness (QED) is 0.842.